The van der Waals surface area contributed by atoms with Gasteiger partial charge in [-0.15, -0.1) is 11.3 Å². The Hall–Kier alpha value is -1.12. The van der Waals surface area contributed by atoms with Gasteiger partial charge in [0.2, 0.25) is 0 Å². The van der Waals surface area contributed by atoms with E-state index in [1.54, 1.807) is 0 Å². The third-order valence-electron chi connectivity index (χ3n) is 2.91. The van der Waals surface area contributed by atoms with Crippen molar-refractivity contribution < 1.29 is 4.79 Å². The topological polar surface area (TPSA) is 17.1 Å². The minimum atomic E-state index is 0.0389. The first-order valence-electron chi connectivity index (χ1n) is 5.90. The van der Waals surface area contributed by atoms with E-state index in [2.05, 4.69) is 0 Å². The number of thiophene rings is 1. The van der Waals surface area contributed by atoms with Crippen LogP contribution in [0.25, 0.3) is 10.4 Å². The average molecular weight is 279 g/mol. The highest BCUT2D eigenvalue weighted by Crippen LogP contribution is 2.34. The summed E-state index contributed by atoms with van der Waals surface area (Å²) in [6.07, 6.45) is 0. The van der Waals surface area contributed by atoms with Crippen LogP contribution in [0.2, 0.25) is 5.02 Å². The van der Waals surface area contributed by atoms with E-state index in [9.17, 15) is 4.79 Å². The summed E-state index contributed by atoms with van der Waals surface area (Å²) in [7, 11) is 0. The summed E-state index contributed by atoms with van der Waals surface area (Å²) in [5.41, 5.74) is 2.17. The van der Waals surface area contributed by atoms with Gasteiger partial charge in [0.1, 0.15) is 0 Å². The lowest BCUT2D eigenvalue weighted by Crippen LogP contribution is -2.04. The summed E-state index contributed by atoms with van der Waals surface area (Å²) in [6.45, 7) is 5.85. The fourth-order valence-electron chi connectivity index (χ4n) is 1.77. The third kappa shape index (κ3) is 2.50. The van der Waals surface area contributed by atoms with Crippen LogP contribution in [0, 0.1) is 12.8 Å². The van der Waals surface area contributed by atoms with Crippen LogP contribution in [0.15, 0.2) is 30.3 Å². The molecular weight excluding hydrogens is 264 g/mol. The van der Waals surface area contributed by atoms with Crippen molar-refractivity contribution >= 4 is 28.7 Å². The molecule has 0 bridgehead atoms. The van der Waals surface area contributed by atoms with Gasteiger partial charge in [-0.2, -0.15) is 0 Å². The minimum Gasteiger partial charge on any atom is -0.293 e. The second kappa shape index (κ2) is 5.25. The highest BCUT2D eigenvalue weighted by Gasteiger charge is 2.14. The van der Waals surface area contributed by atoms with Crippen molar-refractivity contribution in [3.63, 3.8) is 0 Å². The van der Waals surface area contributed by atoms with Crippen molar-refractivity contribution in [3.05, 3.63) is 45.8 Å². The van der Waals surface area contributed by atoms with Gasteiger partial charge in [0.05, 0.1) is 4.88 Å². The largest absolute Gasteiger partial charge is 0.293 e. The first kappa shape index (κ1) is 13.3. The molecule has 1 heterocycles. The molecule has 1 aromatic heterocycles. The number of carbonyl (C=O) groups excluding carboxylic acids is 1. The average Bonchev–Trinajstić information content (AvgIpc) is 2.80. The number of benzene rings is 1. The quantitative estimate of drug-likeness (QED) is 0.704. The molecule has 1 aromatic carbocycles. The highest BCUT2D eigenvalue weighted by atomic mass is 35.5. The lowest BCUT2D eigenvalue weighted by atomic mass is 10.1. The van der Waals surface area contributed by atoms with E-state index in [1.807, 2.05) is 51.1 Å². The first-order chi connectivity index (χ1) is 8.50. The highest BCUT2D eigenvalue weighted by molar-refractivity contribution is 7.17. The molecule has 2 aromatic rings. The number of ketones is 1. The molecule has 0 atom stereocenters. The second-order valence-electron chi connectivity index (χ2n) is 4.60. The number of Topliss-reactive ketones (excluding diaryl/α,β-unsaturated/α-hetero) is 1. The number of hydrogen-bond donors (Lipinski definition) is 0. The number of rotatable bonds is 3. The summed E-state index contributed by atoms with van der Waals surface area (Å²) in [6, 6.07) is 9.76. The zero-order valence-corrected chi connectivity index (χ0v) is 12.2. The molecule has 0 aliphatic rings. The van der Waals surface area contributed by atoms with Crippen LogP contribution in [0.3, 0.4) is 0 Å². The van der Waals surface area contributed by atoms with Crippen molar-refractivity contribution in [1.82, 2.24) is 0 Å². The van der Waals surface area contributed by atoms with Crippen molar-refractivity contribution in [1.29, 1.82) is 0 Å². The van der Waals surface area contributed by atoms with Crippen LogP contribution in [-0.4, -0.2) is 5.78 Å². The molecule has 0 spiro atoms. The van der Waals surface area contributed by atoms with Gasteiger partial charge in [-0.3, -0.25) is 4.79 Å². The molecule has 0 fully saturated rings. The molecule has 0 amide bonds. The molecule has 3 heteroatoms. The molecule has 0 aliphatic heterocycles. The normalized spacial score (nSPS) is 10.9. The van der Waals surface area contributed by atoms with E-state index < -0.39 is 0 Å². The Bertz CT molecular complexity index is 584. The monoisotopic (exact) mass is 278 g/mol. The van der Waals surface area contributed by atoms with E-state index in [1.165, 1.54) is 11.3 Å². The lowest BCUT2D eigenvalue weighted by molar-refractivity contribution is 0.0943. The van der Waals surface area contributed by atoms with E-state index in [-0.39, 0.29) is 11.7 Å². The van der Waals surface area contributed by atoms with Gasteiger partial charge in [-0.05, 0) is 36.2 Å². The van der Waals surface area contributed by atoms with Crippen LogP contribution in [-0.2, 0) is 0 Å². The summed E-state index contributed by atoms with van der Waals surface area (Å²) >= 11 is 7.66. The zero-order chi connectivity index (χ0) is 13.3. The molecule has 0 radical (unpaired) electrons. The van der Waals surface area contributed by atoms with Gasteiger partial charge in [-0.25, -0.2) is 0 Å². The predicted molar refractivity (Wildman–Crippen MR) is 78.7 cm³/mol. The predicted octanol–water partition coefficient (Wildman–Crippen LogP) is 5.22. The van der Waals surface area contributed by atoms with Crippen LogP contribution < -0.4 is 0 Å². The molecule has 0 N–H and O–H groups in total. The van der Waals surface area contributed by atoms with E-state index >= 15 is 0 Å². The third-order valence-corrected chi connectivity index (χ3v) is 4.45. The van der Waals surface area contributed by atoms with E-state index in [4.69, 9.17) is 11.6 Å². The van der Waals surface area contributed by atoms with Crippen LogP contribution in [0.4, 0.5) is 0 Å². The van der Waals surface area contributed by atoms with Gasteiger partial charge in [0.15, 0.2) is 5.78 Å². The Morgan fingerprint density at radius 1 is 1.22 bits per heavy atom. The Morgan fingerprint density at radius 3 is 2.61 bits per heavy atom. The lowest BCUT2D eigenvalue weighted by Gasteiger charge is -2.04. The van der Waals surface area contributed by atoms with Gasteiger partial charge in [0.25, 0.3) is 0 Å². The molecule has 1 nitrogen and oxygen atoms in total. The van der Waals surface area contributed by atoms with Gasteiger partial charge in [0, 0.05) is 15.8 Å². The van der Waals surface area contributed by atoms with Gasteiger partial charge >= 0.3 is 0 Å². The zero-order valence-electron chi connectivity index (χ0n) is 10.7. The molecule has 2 rings (SSSR count). The van der Waals surface area contributed by atoms with Gasteiger partial charge < -0.3 is 0 Å². The molecule has 0 saturated carbocycles. The van der Waals surface area contributed by atoms with Crippen molar-refractivity contribution in [2.75, 3.05) is 0 Å². The first-order valence-corrected chi connectivity index (χ1v) is 7.09. The Labute approximate surface area is 116 Å². The molecular formula is C15H15ClOS. The van der Waals surface area contributed by atoms with Crippen molar-refractivity contribution in [2.45, 2.75) is 20.8 Å². The molecule has 0 aliphatic carbocycles. The summed E-state index contributed by atoms with van der Waals surface area (Å²) in [4.78, 5) is 13.8. The molecule has 0 unspecified atom stereocenters. The minimum absolute atomic E-state index is 0.0389. The number of halogens is 1. The summed E-state index contributed by atoms with van der Waals surface area (Å²) in [5, 5.41) is 0.762. The van der Waals surface area contributed by atoms with Crippen molar-refractivity contribution in [3.8, 4) is 10.4 Å². The fourth-order valence-corrected chi connectivity index (χ4v) is 3.13. The van der Waals surface area contributed by atoms with Crippen LogP contribution in [0.5, 0.6) is 0 Å². The molecule has 94 valence electrons. The van der Waals surface area contributed by atoms with Crippen LogP contribution in [0.1, 0.15) is 29.1 Å². The standard InChI is InChI=1S/C15H15ClOS/c1-9(2)15(17)14-8-7-13(18-14)11-5-4-6-12(16)10(11)3/h4-9H,1-3H3. The number of hydrogen-bond acceptors (Lipinski definition) is 2. The Morgan fingerprint density at radius 2 is 1.94 bits per heavy atom. The number of carbonyl (C=O) groups is 1. The van der Waals surface area contributed by atoms with E-state index in [0.717, 1.165) is 25.9 Å². The van der Waals surface area contributed by atoms with Gasteiger partial charge in [-0.1, -0.05) is 37.6 Å². The van der Waals surface area contributed by atoms with Crippen molar-refractivity contribution in [2.24, 2.45) is 5.92 Å². The maximum absolute atomic E-state index is 11.9. The smallest absolute Gasteiger partial charge is 0.175 e. The van der Waals surface area contributed by atoms with E-state index in [0.29, 0.717) is 0 Å². The summed E-state index contributed by atoms with van der Waals surface area (Å²) in [5.74, 6) is 0.239. The second-order valence-corrected chi connectivity index (χ2v) is 6.09. The Balaban J connectivity index is 2.41. The molecule has 0 saturated heterocycles. The maximum Gasteiger partial charge on any atom is 0.175 e. The SMILES string of the molecule is Cc1c(Cl)cccc1-c1ccc(C(=O)C(C)C)s1. The molecule has 18 heavy (non-hydrogen) atoms. The fraction of sp³-hybridized carbons (Fsp3) is 0.267. The summed E-state index contributed by atoms with van der Waals surface area (Å²) < 4.78 is 0. The maximum atomic E-state index is 11.9. The Kier molecular flexibility index (Phi) is 3.88. The van der Waals surface area contributed by atoms with Crippen LogP contribution >= 0.6 is 22.9 Å².